The molecule has 3 heterocycles. The first kappa shape index (κ1) is 13.4. The van der Waals surface area contributed by atoms with Crippen molar-refractivity contribution in [3.05, 3.63) is 5.28 Å². The number of rotatable bonds is 2. The van der Waals surface area contributed by atoms with E-state index in [0.717, 1.165) is 0 Å². The standard InChI is InChI=1S/C9H11ClIN5O3/c10-9-13-7(12)6-8(14-9)16(11-15-6)5-1-3(18)4(2-17)19-5/h3-5,17-18H,1-2H2,(H2,12,13,14)/t3-,4+,5?/m0/s1. The van der Waals surface area contributed by atoms with Gasteiger partial charge >= 0.3 is 0 Å². The average molecular weight is 400 g/mol. The van der Waals surface area contributed by atoms with E-state index in [1.54, 1.807) is 0 Å². The lowest BCUT2D eigenvalue weighted by atomic mass is 10.2. The molecule has 1 aromatic rings. The zero-order valence-corrected chi connectivity index (χ0v) is 12.5. The van der Waals surface area contributed by atoms with Gasteiger partial charge in [0.1, 0.15) is 33.6 Å². The van der Waals surface area contributed by atoms with E-state index in [2.05, 4.69) is 13.1 Å². The third kappa shape index (κ3) is 2.29. The Labute approximate surface area is 124 Å². The lowest BCUT2D eigenvalue weighted by molar-refractivity contribution is -0.0174. The summed E-state index contributed by atoms with van der Waals surface area (Å²) >= 11 is 5.06. The van der Waals surface area contributed by atoms with Crippen molar-refractivity contribution >= 4 is 50.2 Å². The highest BCUT2D eigenvalue weighted by Gasteiger charge is 2.40. The van der Waals surface area contributed by atoms with Crippen molar-refractivity contribution in [3.8, 4) is 0 Å². The Kier molecular flexibility index (Phi) is 3.55. The topological polar surface area (TPSA) is 117 Å². The van der Waals surface area contributed by atoms with Gasteiger partial charge in [-0.25, -0.2) is 0 Å². The molecule has 10 heteroatoms. The average Bonchev–Trinajstić information content (AvgIpc) is 2.92. The zero-order chi connectivity index (χ0) is 13.6. The molecule has 0 saturated carbocycles. The van der Waals surface area contributed by atoms with E-state index < -0.39 is 33.5 Å². The molecule has 0 bridgehead atoms. The fourth-order valence-electron chi connectivity index (χ4n) is 1.98. The number of nitrogen functional groups attached to an aromatic ring is 1. The molecule has 0 spiro atoms. The maximum atomic E-state index is 9.76. The maximum Gasteiger partial charge on any atom is 0.226 e. The van der Waals surface area contributed by atoms with Crippen molar-refractivity contribution in [2.45, 2.75) is 24.9 Å². The summed E-state index contributed by atoms with van der Waals surface area (Å²) in [6.07, 6.45) is -1.25. The SMILES string of the molecule is Nc1nc(Cl)nc2c1N=IN2C1C[C@H](O)[C@@H](CO)O1. The molecule has 8 nitrogen and oxygen atoms in total. The van der Waals surface area contributed by atoms with Crippen LogP contribution in [0.25, 0.3) is 0 Å². The van der Waals surface area contributed by atoms with E-state index in [1.165, 1.54) is 0 Å². The lowest BCUT2D eigenvalue weighted by Crippen LogP contribution is -2.28. The monoisotopic (exact) mass is 399 g/mol. The van der Waals surface area contributed by atoms with Crippen molar-refractivity contribution in [3.63, 3.8) is 0 Å². The number of aliphatic hydroxyl groups is 2. The molecule has 4 N–H and O–H groups in total. The van der Waals surface area contributed by atoms with Crippen LogP contribution < -0.4 is 8.85 Å². The second kappa shape index (κ2) is 5.05. The van der Waals surface area contributed by atoms with Crippen LogP contribution in [0.15, 0.2) is 3.15 Å². The van der Waals surface area contributed by atoms with Gasteiger partial charge in [-0.1, -0.05) is 0 Å². The first-order valence-electron chi connectivity index (χ1n) is 5.52. The number of anilines is 2. The smallest absolute Gasteiger partial charge is 0.226 e. The normalized spacial score (nSPS) is 29.4. The third-order valence-corrected chi connectivity index (χ3v) is 5.32. The van der Waals surface area contributed by atoms with E-state index in [9.17, 15) is 5.11 Å². The summed E-state index contributed by atoms with van der Waals surface area (Å²) in [4.78, 5) is 7.98. The van der Waals surface area contributed by atoms with E-state index in [1.807, 2.05) is 3.11 Å². The quantitative estimate of drug-likeness (QED) is 0.381. The van der Waals surface area contributed by atoms with Gasteiger partial charge in [0.25, 0.3) is 0 Å². The molecule has 2 aliphatic rings. The Balaban J connectivity index is 1.89. The fraction of sp³-hybridized carbons (Fsp3) is 0.556. The van der Waals surface area contributed by atoms with Gasteiger partial charge in [-0.3, -0.25) is 3.11 Å². The summed E-state index contributed by atoms with van der Waals surface area (Å²) in [7, 11) is 0. The minimum Gasteiger partial charge on any atom is -0.394 e. The van der Waals surface area contributed by atoms with Crippen LogP contribution in [0.3, 0.4) is 0 Å². The minimum atomic E-state index is -0.741. The molecule has 1 unspecified atom stereocenters. The van der Waals surface area contributed by atoms with Crippen LogP contribution in [0, 0.1) is 0 Å². The number of hydrogen-bond acceptors (Lipinski definition) is 8. The molecule has 1 fully saturated rings. The van der Waals surface area contributed by atoms with Crippen molar-refractivity contribution < 1.29 is 14.9 Å². The number of halogens is 2. The van der Waals surface area contributed by atoms with Crippen molar-refractivity contribution in [1.82, 2.24) is 9.97 Å². The van der Waals surface area contributed by atoms with Crippen molar-refractivity contribution in [1.29, 1.82) is 0 Å². The summed E-state index contributed by atoms with van der Waals surface area (Å²) in [6.45, 7) is -0.222. The first-order chi connectivity index (χ1) is 9.10. The van der Waals surface area contributed by atoms with Crippen LogP contribution in [0.1, 0.15) is 6.42 Å². The summed E-state index contributed by atoms with van der Waals surface area (Å²) < 4.78 is 11.8. The molecular formula is C9H11ClIN5O3. The minimum absolute atomic E-state index is 0.0552. The Bertz CT molecular complexity index is 545. The summed E-state index contributed by atoms with van der Waals surface area (Å²) in [5, 5.41) is 18.9. The highest BCUT2D eigenvalue weighted by atomic mass is 127. The van der Waals surface area contributed by atoms with Crippen LogP contribution in [-0.2, 0) is 4.74 Å². The molecule has 0 amide bonds. The van der Waals surface area contributed by atoms with Crippen LogP contribution >= 0.6 is 32.9 Å². The largest absolute Gasteiger partial charge is 0.394 e. The molecule has 3 atom stereocenters. The molecular weight excluding hydrogens is 388 g/mol. The van der Waals surface area contributed by atoms with Gasteiger partial charge in [-0.05, 0) is 11.6 Å². The Morgan fingerprint density at radius 3 is 3.00 bits per heavy atom. The number of hydrogen-bond donors (Lipinski definition) is 3. The van der Waals surface area contributed by atoms with Gasteiger partial charge in [0, 0.05) is 6.42 Å². The summed E-state index contributed by atoms with van der Waals surface area (Å²) in [6, 6.07) is 0. The predicted octanol–water partition coefficient (Wildman–Crippen LogP) is 0.701. The van der Waals surface area contributed by atoms with Gasteiger partial charge in [0.05, 0.1) is 12.7 Å². The molecule has 19 heavy (non-hydrogen) atoms. The molecule has 1 saturated heterocycles. The number of ether oxygens (including phenoxy) is 1. The third-order valence-electron chi connectivity index (χ3n) is 2.91. The van der Waals surface area contributed by atoms with E-state index in [0.29, 0.717) is 17.9 Å². The first-order valence-corrected chi connectivity index (χ1v) is 7.83. The molecule has 104 valence electrons. The number of nitrogens with zero attached hydrogens (tertiary/aromatic N) is 4. The fourth-order valence-corrected chi connectivity index (χ4v) is 4.24. The zero-order valence-electron chi connectivity index (χ0n) is 9.57. The lowest BCUT2D eigenvalue weighted by Gasteiger charge is -2.21. The molecule has 0 radical (unpaired) electrons. The second-order valence-corrected chi connectivity index (χ2v) is 6.43. The van der Waals surface area contributed by atoms with E-state index in [4.69, 9.17) is 27.2 Å². The molecule has 0 aliphatic carbocycles. The van der Waals surface area contributed by atoms with Crippen molar-refractivity contribution in [2.75, 3.05) is 15.5 Å². The molecule has 0 aromatic carbocycles. The Morgan fingerprint density at radius 1 is 1.53 bits per heavy atom. The Morgan fingerprint density at radius 2 is 2.32 bits per heavy atom. The Hall–Kier alpha value is -0.620. The summed E-state index contributed by atoms with van der Waals surface area (Å²) in [5.41, 5.74) is 6.28. The molecule has 2 aliphatic heterocycles. The highest BCUT2D eigenvalue weighted by molar-refractivity contribution is 14.2. The number of fused-ring (bicyclic) bond motifs is 1. The van der Waals surface area contributed by atoms with Gasteiger partial charge in [-0.15, -0.1) is 0 Å². The number of aromatic nitrogens is 2. The maximum absolute atomic E-state index is 9.76. The van der Waals surface area contributed by atoms with Gasteiger partial charge in [0.15, 0.2) is 17.3 Å². The van der Waals surface area contributed by atoms with Gasteiger partial charge in [0.2, 0.25) is 5.28 Å². The van der Waals surface area contributed by atoms with Gasteiger partial charge < -0.3 is 20.7 Å². The van der Waals surface area contributed by atoms with Crippen LogP contribution in [-0.4, -0.2) is 45.2 Å². The highest BCUT2D eigenvalue weighted by Crippen LogP contribution is 2.47. The van der Waals surface area contributed by atoms with Crippen LogP contribution in [0.2, 0.25) is 5.28 Å². The van der Waals surface area contributed by atoms with E-state index >= 15 is 0 Å². The van der Waals surface area contributed by atoms with Crippen LogP contribution in [0.5, 0.6) is 0 Å². The van der Waals surface area contributed by atoms with Crippen LogP contribution in [0.4, 0.5) is 17.3 Å². The number of nitrogens with two attached hydrogens (primary N) is 1. The second-order valence-electron chi connectivity index (χ2n) is 4.14. The summed E-state index contributed by atoms with van der Waals surface area (Å²) in [5.74, 6) is 0.788. The van der Waals surface area contributed by atoms with E-state index in [-0.39, 0.29) is 23.9 Å². The molecule has 1 aromatic heterocycles. The molecule has 3 rings (SSSR count). The van der Waals surface area contributed by atoms with Gasteiger partial charge in [-0.2, -0.15) is 13.1 Å². The van der Waals surface area contributed by atoms with Crippen molar-refractivity contribution in [2.24, 2.45) is 3.15 Å². The predicted molar refractivity (Wildman–Crippen MR) is 76.4 cm³/mol. The number of aliphatic hydroxyl groups excluding tert-OH is 2.